The summed E-state index contributed by atoms with van der Waals surface area (Å²) in [5.74, 6) is 0.622. The molecule has 2 heterocycles. The summed E-state index contributed by atoms with van der Waals surface area (Å²) in [5, 5.41) is 0. The number of carbonyl (C=O) groups is 1. The van der Waals surface area contributed by atoms with Crippen LogP contribution in [0.2, 0.25) is 0 Å². The topological polar surface area (TPSA) is 55.3 Å². The van der Waals surface area contributed by atoms with Gasteiger partial charge in [0.1, 0.15) is 11.6 Å². The Morgan fingerprint density at radius 2 is 2.19 bits per heavy atom. The van der Waals surface area contributed by atoms with E-state index in [1.54, 1.807) is 37.3 Å². The second kappa shape index (κ2) is 7.91. The number of rotatable bonds is 4. The molecule has 1 fully saturated rings. The summed E-state index contributed by atoms with van der Waals surface area (Å²) in [7, 11) is 1.66. The third-order valence-corrected chi connectivity index (χ3v) is 5.00. The standard InChI is InChI=1S/C20H24FN3O2/c1-13-18(11-22-14(2)23-13)20(25)24-8-7-16(19(12-24)26-3)9-15-5-4-6-17(21)10-15/h4-6,10-11,16,19H,7-9,12H2,1-3H3/t16-,19+/m1/s1. The number of aromatic nitrogens is 2. The van der Waals surface area contributed by atoms with Crippen molar-refractivity contribution in [2.45, 2.75) is 32.8 Å². The number of piperidine rings is 1. The van der Waals surface area contributed by atoms with Crippen LogP contribution in [0.1, 0.15) is 33.9 Å². The lowest BCUT2D eigenvalue weighted by Gasteiger charge is -2.38. The predicted octanol–water partition coefficient (Wildman–Crippen LogP) is 2.95. The fourth-order valence-corrected chi connectivity index (χ4v) is 3.58. The van der Waals surface area contributed by atoms with Crippen molar-refractivity contribution < 1.29 is 13.9 Å². The molecule has 1 amide bonds. The van der Waals surface area contributed by atoms with E-state index < -0.39 is 0 Å². The van der Waals surface area contributed by atoms with Crippen molar-refractivity contribution in [2.75, 3.05) is 20.2 Å². The highest BCUT2D eigenvalue weighted by Crippen LogP contribution is 2.26. The van der Waals surface area contributed by atoms with Crippen LogP contribution in [-0.4, -0.2) is 47.1 Å². The number of likely N-dealkylation sites (tertiary alicyclic amines) is 1. The molecule has 0 bridgehead atoms. The minimum Gasteiger partial charge on any atom is -0.379 e. The van der Waals surface area contributed by atoms with Crippen LogP contribution in [0.3, 0.4) is 0 Å². The number of halogens is 1. The van der Waals surface area contributed by atoms with Crippen molar-refractivity contribution >= 4 is 5.91 Å². The number of hydrogen-bond donors (Lipinski definition) is 0. The van der Waals surface area contributed by atoms with Gasteiger partial charge in [0.15, 0.2) is 0 Å². The molecule has 0 radical (unpaired) electrons. The van der Waals surface area contributed by atoms with Crippen LogP contribution in [0.15, 0.2) is 30.5 Å². The van der Waals surface area contributed by atoms with Gasteiger partial charge in [0, 0.05) is 26.4 Å². The van der Waals surface area contributed by atoms with Gasteiger partial charge in [0.25, 0.3) is 5.91 Å². The lowest BCUT2D eigenvalue weighted by Crippen LogP contribution is -2.48. The SMILES string of the molecule is CO[C@H]1CN(C(=O)c2cnc(C)nc2C)CC[C@@H]1Cc1cccc(F)c1. The molecule has 1 saturated heterocycles. The molecule has 1 aromatic carbocycles. The molecule has 2 aromatic rings. The van der Waals surface area contributed by atoms with Crippen LogP contribution in [0.25, 0.3) is 0 Å². The van der Waals surface area contributed by atoms with Gasteiger partial charge in [-0.15, -0.1) is 0 Å². The van der Waals surface area contributed by atoms with Gasteiger partial charge in [0.05, 0.1) is 17.4 Å². The van der Waals surface area contributed by atoms with Gasteiger partial charge in [0.2, 0.25) is 0 Å². The Bertz CT molecular complexity index is 796. The van der Waals surface area contributed by atoms with Crippen molar-refractivity contribution in [3.8, 4) is 0 Å². The van der Waals surface area contributed by atoms with Crippen LogP contribution >= 0.6 is 0 Å². The van der Waals surface area contributed by atoms with Crippen molar-refractivity contribution in [3.63, 3.8) is 0 Å². The summed E-state index contributed by atoms with van der Waals surface area (Å²) in [6, 6.07) is 6.67. The van der Waals surface area contributed by atoms with Crippen molar-refractivity contribution in [1.29, 1.82) is 0 Å². The van der Waals surface area contributed by atoms with E-state index in [0.717, 1.165) is 18.4 Å². The molecule has 1 aromatic heterocycles. The Labute approximate surface area is 153 Å². The number of benzene rings is 1. The predicted molar refractivity (Wildman–Crippen MR) is 96.4 cm³/mol. The maximum absolute atomic E-state index is 13.4. The smallest absolute Gasteiger partial charge is 0.257 e. The van der Waals surface area contributed by atoms with Gasteiger partial charge in [-0.25, -0.2) is 14.4 Å². The molecule has 1 aliphatic heterocycles. The molecule has 0 unspecified atom stereocenters. The highest BCUT2D eigenvalue weighted by molar-refractivity contribution is 5.95. The van der Waals surface area contributed by atoms with Gasteiger partial charge >= 0.3 is 0 Å². The Morgan fingerprint density at radius 1 is 1.38 bits per heavy atom. The molecule has 0 spiro atoms. The van der Waals surface area contributed by atoms with E-state index in [-0.39, 0.29) is 23.7 Å². The Kier molecular flexibility index (Phi) is 5.61. The van der Waals surface area contributed by atoms with Gasteiger partial charge < -0.3 is 9.64 Å². The number of carbonyl (C=O) groups excluding carboxylic acids is 1. The minimum absolute atomic E-state index is 0.0613. The summed E-state index contributed by atoms with van der Waals surface area (Å²) < 4.78 is 19.1. The Hall–Kier alpha value is -2.34. The fraction of sp³-hybridized carbons (Fsp3) is 0.450. The molecule has 3 rings (SSSR count). The normalized spacial score (nSPS) is 20.2. The summed E-state index contributed by atoms with van der Waals surface area (Å²) in [6.07, 6.45) is 3.07. The first kappa shape index (κ1) is 18.5. The average Bonchev–Trinajstić information content (AvgIpc) is 2.61. The summed E-state index contributed by atoms with van der Waals surface area (Å²) in [6.45, 7) is 4.79. The average molecular weight is 357 g/mol. The molecule has 2 atom stereocenters. The maximum atomic E-state index is 13.4. The van der Waals surface area contributed by atoms with Crippen molar-refractivity contribution in [3.05, 3.63) is 58.9 Å². The summed E-state index contributed by atoms with van der Waals surface area (Å²) >= 11 is 0. The van der Waals surface area contributed by atoms with E-state index in [0.29, 0.717) is 30.2 Å². The number of nitrogens with zero attached hydrogens (tertiary/aromatic N) is 3. The van der Waals surface area contributed by atoms with E-state index in [9.17, 15) is 9.18 Å². The number of ether oxygens (including phenoxy) is 1. The minimum atomic E-state index is -0.223. The zero-order valence-corrected chi connectivity index (χ0v) is 15.4. The van der Waals surface area contributed by atoms with Crippen molar-refractivity contribution in [1.82, 2.24) is 14.9 Å². The number of amides is 1. The number of hydrogen-bond acceptors (Lipinski definition) is 4. The lowest BCUT2D eigenvalue weighted by molar-refractivity contribution is -0.00704. The Balaban J connectivity index is 1.70. The molecular weight excluding hydrogens is 333 g/mol. The van der Waals surface area contributed by atoms with E-state index in [2.05, 4.69) is 9.97 Å². The molecule has 5 nitrogen and oxygen atoms in total. The van der Waals surface area contributed by atoms with E-state index in [4.69, 9.17) is 4.74 Å². The summed E-state index contributed by atoms with van der Waals surface area (Å²) in [5.41, 5.74) is 2.19. The largest absolute Gasteiger partial charge is 0.379 e. The first-order valence-electron chi connectivity index (χ1n) is 8.84. The van der Waals surface area contributed by atoms with Gasteiger partial charge in [-0.1, -0.05) is 12.1 Å². The zero-order chi connectivity index (χ0) is 18.7. The van der Waals surface area contributed by atoms with Crippen LogP contribution in [0.5, 0.6) is 0 Å². The first-order valence-corrected chi connectivity index (χ1v) is 8.84. The fourth-order valence-electron chi connectivity index (χ4n) is 3.58. The van der Waals surface area contributed by atoms with E-state index in [1.165, 1.54) is 6.07 Å². The second-order valence-electron chi connectivity index (χ2n) is 6.82. The number of methoxy groups -OCH3 is 1. The third kappa shape index (κ3) is 4.07. The lowest BCUT2D eigenvalue weighted by atomic mass is 9.87. The van der Waals surface area contributed by atoms with Crippen LogP contribution in [0, 0.1) is 25.6 Å². The molecule has 0 aliphatic carbocycles. The molecule has 1 aliphatic rings. The first-order chi connectivity index (χ1) is 12.5. The van der Waals surface area contributed by atoms with Crippen LogP contribution in [0.4, 0.5) is 4.39 Å². The molecule has 0 N–H and O–H groups in total. The number of aryl methyl sites for hydroxylation is 2. The Morgan fingerprint density at radius 3 is 2.88 bits per heavy atom. The zero-order valence-electron chi connectivity index (χ0n) is 15.4. The van der Waals surface area contributed by atoms with Gasteiger partial charge in [-0.05, 0) is 50.3 Å². The highest BCUT2D eigenvalue weighted by atomic mass is 19.1. The quantitative estimate of drug-likeness (QED) is 0.844. The molecule has 26 heavy (non-hydrogen) atoms. The molecule has 0 saturated carbocycles. The third-order valence-electron chi connectivity index (χ3n) is 5.00. The van der Waals surface area contributed by atoms with E-state index >= 15 is 0 Å². The van der Waals surface area contributed by atoms with Crippen molar-refractivity contribution in [2.24, 2.45) is 5.92 Å². The van der Waals surface area contributed by atoms with Gasteiger partial charge in [-0.3, -0.25) is 4.79 Å². The van der Waals surface area contributed by atoms with Gasteiger partial charge in [-0.2, -0.15) is 0 Å². The molecule has 6 heteroatoms. The van der Waals surface area contributed by atoms with Crippen LogP contribution < -0.4 is 0 Å². The monoisotopic (exact) mass is 357 g/mol. The van der Waals surface area contributed by atoms with Crippen LogP contribution in [-0.2, 0) is 11.2 Å². The van der Waals surface area contributed by atoms with E-state index in [1.807, 2.05) is 13.0 Å². The maximum Gasteiger partial charge on any atom is 0.257 e. The second-order valence-corrected chi connectivity index (χ2v) is 6.82. The molecular formula is C20H24FN3O2. The summed E-state index contributed by atoms with van der Waals surface area (Å²) in [4.78, 5) is 23.1. The molecule has 138 valence electrons. The highest BCUT2D eigenvalue weighted by Gasteiger charge is 2.32.